The molecule has 0 saturated carbocycles. The summed E-state index contributed by atoms with van der Waals surface area (Å²) in [6.45, 7) is 0. The largest absolute Gasteiger partial charge is 0.504 e. The third kappa shape index (κ3) is 2.48. The number of nitrogens with two attached hydrogens (primary N) is 3. The topological polar surface area (TPSA) is 136 Å². The summed E-state index contributed by atoms with van der Waals surface area (Å²) in [6, 6.07) is 3.34. The molecule has 8 N–H and O–H groups in total. The Morgan fingerprint density at radius 3 is 2.19 bits per heavy atom. The fraction of sp³-hybridized carbons (Fsp3) is 0.300. The molecule has 16 heavy (non-hydrogen) atoms. The van der Waals surface area contributed by atoms with Crippen LogP contribution < -0.4 is 17.2 Å². The monoisotopic (exact) mass is 225 g/mol. The van der Waals surface area contributed by atoms with Crippen LogP contribution in [0.1, 0.15) is 11.6 Å². The number of rotatable bonds is 4. The number of hydrogen-bond acceptors (Lipinski definition) is 6. The van der Waals surface area contributed by atoms with E-state index in [4.69, 9.17) is 22.3 Å². The van der Waals surface area contributed by atoms with Crippen LogP contribution in [0, 0.1) is 5.92 Å². The first-order chi connectivity index (χ1) is 7.47. The number of phenolic OH excluding ortho intramolecular Hbond substituents is 2. The van der Waals surface area contributed by atoms with E-state index in [-0.39, 0.29) is 11.5 Å². The Kier molecular flexibility index (Phi) is 3.83. The SMILES string of the molecule is NC(N)C(C=O)C(N)c1ccc(O)c(O)c1. The van der Waals surface area contributed by atoms with Gasteiger partial charge in [0, 0.05) is 6.04 Å². The van der Waals surface area contributed by atoms with Gasteiger partial charge in [0.15, 0.2) is 11.5 Å². The average molecular weight is 225 g/mol. The highest BCUT2D eigenvalue weighted by Gasteiger charge is 2.23. The third-order valence-corrected chi connectivity index (χ3v) is 2.40. The number of carbonyl (C=O) groups is 1. The Morgan fingerprint density at radius 2 is 1.75 bits per heavy atom. The molecule has 1 aromatic rings. The number of benzene rings is 1. The standard InChI is InChI=1S/C10H15N3O3/c11-9(6(4-14)10(12)13)5-1-2-7(15)8(16)3-5/h1-4,6,9-10,15-16H,11-13H2. The minimum absolute atomic E-state index is 0.254. The summed E-state index contributed by atoms with van der Waals surface area (Å²) in [5.74, 6) is -1.30. The lowest BCUT2D eigenvalue weighted by Gasteiger charge is -2.22. The van der Waals surface area contributed by atoms with E-state index >= 15 is 0 Å². The second-order valence-corrected chi connectivity index (χ2v) is 3.56. The van der Waals surface area contributed by atoms with Crippen molar-refractivity contribution in [2.75, 3.05) is 0 Å². The summed E-state index contributed by atoms with van der Waals surface area (Å²) in [4.78, 5) is 10.8. The molecule has 0 aliphatic rings. The van der Waals surface area contributed by atoms with Gasteiger partial charge in [-0.05, 0) is 17.7 Å². The molecule has 6 heteroatoms. The minimum Gasteiger partial charge on any atom is -0.504 e. The van der Waals surface area contributed by atoms with Crippen molar-refractivity contribution in [3.63, 3.8) is 0 Å². The molecule has 0 aliphatic carbocycles. The van der Waals surface area contributed by atoms with Gasteiger partial charge >= 0.3 is 0 Å². The fourth-order valence-electron chi connectivity index (χ4n) is 1.38. The van der Waals surface area contributed by atoms with Crippen LogP contribution in [0.4, 0.5) is 0 Å². The molecule has 2 atom stereocenters. The van der Waals surface area contributed by atoms with Crippen molar-refractivity contribution in [1.29, 1.82) is 0 Å². The van der Waals surface area contributed by atoms with E-state index in [2.05, 4.69) is 0 Å². The van der Waals surface area contributed by atoms with Crippen molar-refractivity contribution in [3.05, 3.63) is 23.8 Å². The maximum Gasteiger partial charge on any atom is 0.157 e. The van der Waals surface area contributed by atoms with Gasteiger partial charge in [0.25, 0.3) is 0 Å². The summed E-state index contributed by atoms with van der Waals surface area (Å²) < 4.78 is 0. The van der Waals surface area contributed by atoms with Crippen LogP contribution in [0.5, 0.6) is 11.5 Å². The average Bonchev–Trinajstić information content (AvgIpc) is 2.22. The second kappa shape index (κ2) is 4.93. The van der Waals surface area contributed by atoms with Crippen LogP contribution in [-0.4, -0.2) is 22.7 Å². The molecule has 0 spiro atoms. The first-order valence-electron chi connectivity index (χ1n) is 4.71. The van der Waals surface area contributed by atoms with E-state index in [1.807, 2.05) is 0 Å². The van der Waals surface area contributed by atoms with Crippen molar-refractivity contribution in [1.82, 2.24) is 0 Å². The molecule has 1 rings (SSSR count). The molecular weight excluding hydrogens is 210 g/mol. The van der Waals surface area contributed by atoms with Gasteiger partial charge in [-0.3, -0.25) is 0 Å². The van der Waals surface area contributed by atoms with Gasteiger partial charge in [-0.2, -0.15) is 0 Å². The van der Waals surface area contributed by atoms with E-state index in [0.717, 1.165) is 0 Å². The van der Waals surface area contributed by atoms with Crippen molar-refractivity contribution in [3.8, 4) is 11.5 Å². The molecule has 0 fully saturated rings. The van der Waals surface area contributed by atoms with Gasteiger partial charge in [-0.1, -0.05) is 6.07 Å². The summed E-state index contributed by atoms with van der Waals surface area (Å²) >= 11 is 0. The highest BCUT2D eigenvalue weighted by Crippen LogP contribution is 2.29. The second-order valence-electron chi connectivity index (χ2n) is 3.56. The molecule has 0 aliphatic heterocycles. The van der Waals surface area contributed by atoms with E-state index < -0.39 is 18.1 Å². The van der Waals surface area contributed by atoms with Crippen molar-refractivity contribution < 1.29 is 15.0 Å². The van der Waals surface area contributed by atoms with Gasteiger partial charge in [0.2, 0.25) is 0 Å². The molecule has 0 heterocycles. The molecule has 0 aromatic heterocycles. The number of aldehydes is 1. The molecule has 0 bridgehead atoms. The molecule has 2 unspecified atom stereocenters. The highest BCUT2D eigenvalue weighted by atomic mass is 16.3. The normalized spacial score (nSPS) is 14.8. The number of hydrogen-bond donors (Lipinski definition) is 5. The Labute approximate surface area is 92.7 Å². The van der Waals surface area contributed by atoms with Crippen LogP contribution in [-0.2, 0) is 4.79 Å². The minimum atomic E-state index is -0.872. The van der Waals surface area contributed by atoms with Crippen LogP contribution in [0.25, 0.3) is 0 Å². The van der Waals surface area contributed by atoms with E-state index in [1.165, 1.54) is 18.2 Å². The Balaban J connectivity index is 2.99. The summed E-state index contributed by atoms with van der Waals surface area (Å²) in [5, 5.41) is 18.4. The van der Waals surface area contributed by atoms with Gasteiger partial charge in [-0.25, -0.2) is 0 Å². The molecule has 0 saturated heterocycles. The Hall–Kier alpha value is -1.63. The lowest BCUT2D eigenvalue weighted by molar-refractivity contribution is -0.112. The third-order valence-electron chi connectivity index (χ3n) is 2.40. The van der Waals surface area contributed by atoms with Gasteiger partial charge in [-0.15, -0.1) is 0 Å². The van der Waals surface area contributed by atoms with Crippen LogP contribution in [0.15, 0.2) is 18.2 Å². The molecule has 1 aromatic carbocycles. The molecular formula is C10H15N3O3. The van der Waals surface area contributed by atoms with Crippen molar-refractivity contribution >= 4 is 6.29 Å². The zero-order chi connectivity index (χ0) is 12.3. The fourth-order valence-corrected chi connectivity index (χ4v) is 1.38. The summed E-state index contributed by atoms with van der Waals surface area (Å²) in [6.07, 6.45) is -0.289. The molecule has 88 valence electrons. The van der Waals surface area contributed by atoms with Crippen molar-refractivity contribution in [2.45, 2.75) is 12.2 Å². The highest BCUT2D eigenvalue weighted by molar-refractivity contribution is 5.57. The maximum atomic E-state index is 10.8. The Bertz CT molecular complexity index is 382. The van der Waals surface area contributed by atoms with Crippen molar-refractivity contribution in [2.24, 2.45) is 23.1 Å². The molecule has 0 radical (unpaired) electrons. The zero-order valence-electron chi connectivity index (χ0n) is 8.58. The number of carbonyl (C=O) groups excluding carboxylic acids is 1. The smallest absolute Gasteiger partial charge is 0.157 e. The molecule has 6 nitrogen and oxygen atoms in total. The Morgan fingerprint density at radius 1 is 1.12 bits per heavy atom. The predicted molar refractivity (Wildman–Crippen MR) is 58.4 cm³/mol. The van der Waals surface area contributed by atoms with Crippen LogP contribution >= 0.6 is 0 Å². The molecule has 0 amide bonds. The van der Waals surface area contributed by atoms with Crippen LogP contribution in [0.2, 0.25) is 0 Å². The predicted octanol–water partition coefficient (Wildman–Crippen LogP) is -0.844. The van der Waals surface area contributed by atoms with Crippen LogP contribution in [0.3, 0.4) is 0 Å². The number of aromatic hydroxyl groups is 2. The van der Waals surface area contributed by atoms with Gasteiger partial charge in [0.1, 0.15) is 6.29 Å². The quantitative estimate of drug-likeness (QED) is 0.257. The lowest BCUT2D eigenvalue weighted by Crippen LogP contribution is -2.44. The van der Waals surface area contributed by atoms with Gasteiger partial charge < -0.3 is 32.2 Å². The summed E-state index contributed by atoms with van der Waals surface area (Å²) in [7, 11) is 0. The van der Waals surface area contributed by atoms with E-state index in [1.54, 1.807) is 0 Å². The van der Waals surface area contributed by atoms with Gasteiger partial charge in [0.05, 0.1) is 12.1 Å². The lowest BCUT2D eigenvalue weighted by atomic mass is 9.92. The summed E-state index contributed by atoms with van der Waals surface area (Å²) in [5.41, 5.74) is 17.1. The first-order valence-corrected chi connectivity index (χ1v) is 4.71. The maximum absolute atomic E-state index is 10.8. The first kappa shape index (κ1) is 12.4. The number of phenols is 2. The van der Waals surface area contributed by atoms with E-state index in [9.17, 15) is 9.90 Å². The van der Waals surface area contributed by atoms with E-state index in [0.29, 0.717) is 11.8 Å². The zero-order valence-corrected chi connectivity index (χ0v) is 8.58.